The number of nitrogens with one attached hydrogen (secondary N) is 4. The van der Waals surface area contributed by atoms with E-state index in [2.05, 4.69) is 21.5 Å². The average molecular weight is 509 g/mol. The molecule has 1 saturated carbocycles. The molecule has 1 aliphatic rings. The van der Waals surface area contributed by atoms with E-state index >= 15 is 0 Å². The molecule has 0 aliphatic heterocycles. The van der Waals surface area contributed by atoms with Crippen LogP contribution < -0.4 is 26.2 Å². The lowest BCUT2D eigenvalue weighted by Crippen LogP contribution is -2.48. The Morgan fingerprint density at radius 1 is 1.03 bits per heavy atom. The van der Waals surface area contributed by atoms with E-state index in [1.807, 2.05) is 0 Å². The van der Waals surface area contributed by atoms with Gasteiger partial charge in [-0.3, -0.25) is 25.2 Å². The van der Waals surface area contributed by atoms with Crippen molar-refractivity contribution in [1.82, 2.24) is 16.2 Å². The van der Waals surface area contributed by atoms with E-state index in [0.29, 0.717) is 33.5 Å². The summed E-state index contributed by atoms with van der Waals surface area (Å²) in [6, 6.07) is 11.3. The molecule has 0 spiro atoms. The Morgan fingerprint density at radius 2 is 1.76 bits per heavy atom. The largest absolute Gasteiger partial charge is 0.492 e. The maximum absolute atomic E-state index is 12.2. The van der Waals surface area contributed by atoms with Crippen LogP contribution in [0.4, 0.5) is 5.69 Å². The Balaban J connectivity index is 1.32. The standard InChI is InChI=1S/C22H22Cl2N4O4S/c23-15-7-10-18(17(24)12-15)32-11-1-2-19(29)26-22(33)28-27-21(31)14-5-8-16(9-6-14)25-20(30)13-3-4-13/h5-10,12-13H,1-4,11H2,(H,25,30)(H,27,31)(H2,26,28,29,33). The lowest BCUT2D eigenvalue weighted by molar-refractivity contribution is -0.120. The number of hydrogen-bond acceptors (Lipinski definition) is 5. The molecule has 8 nitrogen and oxygen atoms in total. The third kappa shape index (κ3) is 8.20. The molecule has 174 valence electrons. The highest BCUT2D eigenvalue weighted by Crippen LogP contribution is 2.30. The van der Waals surface area contributed by atoms with Gasteiger partial charge in [0.15, 0.2) is 5.11 Å². The molecular weight excluding hydrogens is 487 g/mol. The Labute approximate surface area is 206 Å². The molecule has 2 aromatic carbocycles. The van der Waals surface area contributed by atoms with Crippen LogP contribution in [0.5, 0.6) is 5.75 Å². The molecule has 0 atom stereocenters. The number of ether oxygens (including phenoxy) is 1. The highest BCUT2D eigenvalue weighted by molar-refractivity contribution is 7.80. The van der Waals surface area contributed by atoms with Crippen LogP contribution in [0.15, 0.2) is 42.5 Å². The lowest BCUT2D eigenvalue weighted by atomic mass is 10.2. The number of carbonyl (C=O) groups excluding carboxylic acids is 3. The van der Waals surface area contributed by atoms with Gasteiger partial charge >= 0.3 is 0 Å². The van der Waals surface area contributed by atoms with Crippen LogP contribution >= 0.6 is 35.4 Å². The zero-order chi connectivity index (χ0) is 23.8. The fourth-order valence-electron chi connectivity index (χ4n) is 2.71. The number of rotatable bonds is 8. The van der Waals surface area contributed by atoms with Gasteiger partial charge < -0.3 is 15.4 Å². The van der Waals surface area contributed by atoms with Crippen LogP contribution in [0.3, 0.4) is 0 Å². The van der Waals surface area contributed by atoms with Crippen molar-refractivity contribution in [3.05, 3.63) is 58.1 Å². The fraction of sp³-hybridized carbons (Fsp3) is 0.273. The number of carbonyl (C=O) groups is 3. The van der Waals surface area contributed by atoms with Gasteiger partial charge in [0.05, 0.1) is 11.6 Å². The van der Waals surface area contributed by atoms with Crippen LogP contribution in [0.25, 0.3) is 0 Å². The van der Waals surface area contributed by atoms with Gasteiger partial charge in [-0.15, -0.1) is 0 Å². The van der Waals surface area contributed by atoms with Crippen LogP contribution in [-0.2, 0) is 9.59 Å². The molecule has 3 rings (SSSR count). The van der Waals surface area contributed by atoms with E-state index in [-0.39, 0.29) is 35.9 Å². The third-order valence-electron chi connectivity index (χ3n) is 4.60. The SMILES string of the molecule is O=C(CCCOc1ccc(Cl)cc1Cl)NC(=S)NNC(=O)c1ccc(NC(=O)C2CC2)cc1. The molecule has 0 aromatic heterocycles. The average Bonchev–Trinajstić information content (AvgIpc) is 3.62. The van der Waals surface area contributed by atoms with Crippen LogP contribution in [0.1, 0.15) is 36.0 Å². The van der Waals surface area contributed by atoms with Gasteiger partial charge in [-0.25, -0.2) is 0 Å². The van der Waals surface area contributed by atoms with Crippen molar-refractivity contribution in [3.8, 4) is 5.75 Å². The van der Waals surface area contributed by atoms with E-state index in [9.17, 15) is 14.4 Å². The van der Waals surface area contributed by atoms with Crippen molar-refractivity contribution in [3.63, 3.8) is 0 Å². The summed E-state index contributed by atoms with van der Waals surface area (Å²) in [6.07, 6.45) is 2.43. The Kier molecular flexibility index (Phi) is 8.87. The predicted molar refractivity (Wildman–Crippen MR) is 130 cm³/mol. The van der Waals surface area contributed by atoms with E-state index in [1.165, 1.54) is 0 Å². The minimum absolute atomic E-state index is 0.00435. The topological polar surface area (TPSA) is 109 Å². The Bertz CT molecular complexity index is 1050. The molecule has 0 unspecified atom stereocenters. The quantitative estimate of drug-likeness (QED) is 0.245. The molecule has 11 heteroatoms. The smallest absolute Gasteiger partial charge is 0.269 e. The molecular formula is C22H22Cl2N4O4S. The molecule has 0 radical (unpaired) electrons. The van der Waals surface area contributed by atoms with Gasteiger partial charge in [0.1, 0.15) is 5.75 Å². The maximum Gasteiger partial charge on any atom is 0.269 e. The summed E-state index contributed by atoms with van der Waals surface area (Å²) in [6.45, 7) is 0.281. The molecule has 0 heterocycles. The van der Waals surface area contributed by atoms with Gasteiger partial charge in [0, 0.05) is 28.6 Å². The van der Waals surface area contributed by atoms with E-state index in [1.54, 1.807) is 42.5 Å². The first-order chi connectivity index (χ1) is 15.8. The van der Waals surface area contributed by atoms with Crippen molar-refractivity contribution in [1.29, 1.82) is 0 Å². The molecule has 2 aromatic rings. The number of hydrogen-bond donors (Lipinski definition) is 4. The number of hydrazine groups is 1. The number of thiocarbonyl (C=S) groups is 1. The number of halogens is 2. The summed E-state index contributed by atoms with van der Waals surface area (Å²) in [7, 11) is 0. The second-order valence-corrected chi connectivity index (χ2v) is 8.58. The predicted octanol–water partition coefficient (Wildman–Crippen LogP) is 3.84. The summed E-state index contributed by atoms with van der Waals surface area (Å²) in [5.41, 5.74) is 5.88. The van der Waals surface area contributed by atoms with Crippen LogP contribution in [0, 0.1) is 5.92 Å². The minimum atomic E-state index is -0.445. The van der Waals surface area contributed by atoms with Crippen molar-refractivity contribution in [2.24, 2.45) is 5.92 Å². The van der Waals surface area contributed by atoms with Crippen molar-refractivity contribution < 1.29 is 19.1 Å². The van der Waals surface area contributed by atoms with Crippen molar-refractivity contribution >= 4 is 63.9 Å². The molecule has 33 heavy (non-hydrogen) atoms. The molecule has 0 bridgehead atoms. The summed E-state index contributed by atoms with van der Waals surface area (Å²) in [4.78, 5) is 36.0. The summed E-state index contributed by atoms with van der Waals surface area (Å²) in [5, 5.41) is 6.14. The lowest BCUT2D eigenvalue weighted by Gasteiger charge is -2.12. The normalized spacial score (nSPS) is 12.4. The summed E-state index contributed by atoms with van der Waals surface area (Å²) >= 11 is 16.9. The molecule has 3 amide bonds. The minimum Gasteiger partial charge on any atom is -0.492 e. The maximum atomic E-state index is 12.2. The first-order valence-electron chi connectivity index (χ1n) is 10.2. The summed E-state index contributed by atoms with van der Waals surface area (Å²) in [5.74, 6) is -0.193. The van der Waals surface area contributed by atoms with E-state index in [4.69, 9.17) is 40.2 Å². The molecule has 0 saturated heterocycles. The van der Waals surface area contributed by atoms with E-state index < -0.39 is 5.91 Å². The van der Waals surface area contributed by atoms with Gasteiger partial charge in [0.2, 0.25) is 11.8 Å². The van der Waals surface area contributed by atoms with Gasteiger partial charge in [-0.1, -0.05) is 23.2 Å². The highest BCUT2D eigenvalue weighted by atomic mass is 35.5. The number of anilines is 1. The molecule has 4 N–H and O–H groups in total. The van der Waals surface area contributed by atoms with Gasteiger partial charge in [0.25, 0.3) is 5.91 Å². The van der Waals surface area contributed by atoms with Crippen molar-refractivity contribution in [2.45, 2.75) is 25.7 Å². The van der Waals surface area contributed by atoms with Crippen LogP contribution in [0.2, 0.25) is 10.0 Å². The molecule has 1 aliphatic carbocycles. The van der Waals surface area contributed by atoms with Crippen molar-refractivity contribution in [2.75, 3.05) is 11.9 Å². The monoisotopic (exact) mass is 508 g/mol. The summed E-state index contributed by atoms with van der Waals surface area (Å²) < 4.78 is 5.52. The first kappa shape index (κ1) is 24.8. The van der Waals surface area contributed by atoms with Gasteiger partial charge in [-0.05, 0) is 73.9 Å². The second-order valence-electron chi connectivity index (χ2n) is 7.32. The fourth-order valence-corrected chi connectivity index (χ4v) is 3.34. The zero-order valence-electron chi connectivity index (χ0n) is 17.5. The van der Waals surface area contributed by atoms with Crippen LogP contribution in [-0.4, -0.2) is 29.4 Å². The Hall–Kier alpha value is -2.88. The number of benzene rings is 2. The second kappa shape index (κ2) is 11.8. The van der Waals surface area contributed by atoms with Gasteiger partial charge in [-0.2, -0.15) is 0 Å². The molecule has 1 fully saturated rings. The number of amides is 3. The van der Waals surface area contributed by atoms with E-state index in [0.717, 1.165) is 12.8 Å². The highest BCUT2D eigenvalue weighted by Gasteiger charge is 2.29. The first-order valence-corrected chi connectivity index (χ1v) is 11.4. The third-order valence-corrected chi connectivity index (χ3v) is 5.34. The zero-order valence-corrected chi connectivity index (χ0v) is 19.8. The Morgan fingerprint density at radius 3 is 2.42 bits per heavy atom.